The summed E-state index contributed by atoms with van der Waals surface area (Å²) >= 11 is 0. The van der Waals surface area contributed by atoms with Crippen LogP contribution in [0.25, 0.3) is 6.08 Å². The van der Waals surface area contributed by atoms with Crippen molar-refractivity contribution in [1.29, 1.82) is 0 Å². The Balaban J connectivity index is 1.96. The van der Waals surface area contributed by atoms with Gasteiger partial charge in [0.1, 0.15) is 5.60 Å². The maximum absolute atomic E-state index is 13.6. The fourth-order valence-electron chi connectivity index (χ4n) is 4.19. The number of carbonyl (C=O) groups excluding carboxylic acids is 2. The first-order valence-corrected chi connectivity index (χ1v) is 11.5. The molecule has 1 N–H and O–H groups in total. The number of dihydropyridines is 1. The topological polar surface area (TPSA) is 108 Å². The summed E-state index contributed by atoms with van der Waals surface area (Å²) in [5.41, 5.74) is 1.82. The second-order valence-corrected chi connectivity index (χ2v) is 9.15. The summed E-state index contributed by atoms with van der Waals surface area (Å²) in [6, 6.07) is 15.7. The Hall–Kier alpha value is -4.20. The van der Waals surface area contributed by atoms with E-state index in [-0.39, 0.29) is 16.8 Å². The highest BCUT2D eigenvalue weighted by molar-refractivity contribution is 6.00. The van der Waals surface area contributed by atoms with Crippen LogP contribution in [0.3, 0.4) is 0 Å². The van der Waals surface area contributed by atoms with Crippen LogP contribution in [0.1, 0.15) is 51.2 Å². The van der Waals surface area contributed by atoms with Crippen LogP contribution in [0.15, 0.2) is 83.2 Å². The van der Waals surface area contributed by atoms with Crippen LogP contribution in [0.2, 0.25) is 0 Å². The second kappa shape index (κ2) is 11.0. The predicted octanol–water partition coefficient (Wildman–Crippen LogP) is 5.43. The molecule has 8 nitrogen and oxygen atoms in total. The molecule has 1 aliphatic heterocycles. The van der Waals surface area contributed by atoms with Gasteiger partial charge in [-0.2, -0.15) is 0 Å². The zero-order valence-corrected chi connectivity index (χ0v) is 21.0. The number of nitrogens with zero attached hydrogens (tertiary/aromatic N) is 1. The van der Waals surface area contributed by atoms with Gasteiger partial charge in [0.15, 0.2) is 0 Å². The van der Waals surface area contributed by atoms with Gasteiger partial charge in [-0.15, -0.1) is 0 Å². The van der Waals surface area contributed by atoms with Crippen LogP contribution in [0, 0.1) is 10.1 Å². The van der Waals surface area contributed by atoms with Crippen LogP contribution >= 0.6 is 0 Å². The Morgan fingerprint density at radius 3 is 2.28 bits per heavy atom. The van der Waals surface area contributed by atoms with Gasteiger partial charge in [0.2, 0.25) is 0 Å². The Morgan fingerprint density at radius 1 is 1.03 bits per heavy atom. The highest BCUT2D eigenvalue weighted by atomic mass is 16.6. The van der Waals surface area contributed by atoms with Crippen LogP contribution in [0.4, 0.5) is 5.69 Å². The van der Waals surface area contributed by atoms with Crippen LogP contribution in [-0.4, -0.2) is 29.6 Å². The van der Waals surface area contributed by atoms with Crippen LogP contribution in [-0.2, 0) is 19.1 Å². The van der Waals surface area contributed by atoms with Gasteiger partial charge < -0.3 is 14.8 Å². The summed E-state index contributed by atoms with van der Waals surface area (Å²) in [4.78, 5) is 37.3. The molecule has 1 atom stereocenters. The van der Waals surface area contributed by atoms with Gasteiger partial charge in [-0.25, -0.2) is 9.59 Å². The Kier molecular flexibility index (Phi) is 8.09. The fraction of sp³-hybridized carbons (Fsp3) is 0.286. The molecule has 0 saturated carbocycles. The second-order valence-electron chi connectivity index (χ2n) is 9.15. The van der Waals surface area contributed by atoms with E-state index in [1.165, 1.54) is 25.3 Å². The molecular weight excluding hydrogens is 460 g/mol. The average molecular weight is 491 g/mol. The number of hydrogen-bond donors (Lipinski definition) is 1. The summed E-state index contributed by atoms with van der Waals surface area (Å²) < 4.78 is 10.9. The fourth-order valence-corrected chi connectivity index (χ4v) is 4.19. The van der Waals surface area contributed by atoms with Crippen molar-refractivity contribution in [3.05, 3.63) is 104 Å². The lowest BCUT2D eigenvalue weighted by atomic mass is 9.80. The zero-order valence-electron chi connectivity index (χ0n) is 21.0. The molecule has 0 fully saturated rings. The van der Waals surface area contributed by atoms with E-state index in [2.05, 4.69) is 5.32 Å². The van der Waals surface area contributed by atoms with E-state index in [0.29, 0.717) is 23.4 Å². The maximum Gasteiger partial charge on any atom is 0.337 e. The van der Waals surface area contributed by atoms with Crippen molar-refractivity contribution < 1.29 is 24.0 Å². The van der Waals surface area contributed by atoms with Gasteiger partial charge in [0.05, 0.1) is 29.1 Å². The number of non-ortho nitro benzene ring substituents is 1. The zero-order chi connectivity index (χ0) is 26.5. The lowest BCUT2D eigenvalue weighted by Crippen LogP contribution is -2.35. The number of nitro benzene ring substituents is 1. The van der Waals surface area contributed by atoms with Gasteiger partial charge in [0, 0.05) is 29.9 Å². The molecule has 0 aromatic heterocycles. The lowest BCUT2D eigenvalue weighted by molar-refractivity contribution is -0.384. The number of carbonyl (C=O) groups is 2. The van der Waals surface area contributed by atoms with Crippen molar-refractivity contribution in [2.75, 3.05) is 7.11 Å². The number of esters is 2. The molecule has 3 rings (SSSR count). The first-order valence-electron chi connectivity index (χ1n) is 11.5. The summed E-state index contributed by atoms with van der Waals surface area (Å²) in [6.45, 7) is 7.01. The maximum atomic E-state index is 13.6. The average Bonchev–Trinajstić information content (AvgIpc) is 2.83. The van der Waals surface area contributed by atoms with Gasteiger partial charge in [-0.05, 0) is 38.8 Å². The van der Waals surface area contributed by atoms with E-state index in [0.717, 1.165) is 5.56 Å². The molecule has 0 spiro atoms. The molecule has 0 aliphatic carbocycles. The third-order valence-corrected chi connectivity index (χ3v) is 5.89. The minimum atomic E-state index is -0.901. The molecule has 1 unspecified atom stereocenters. The van der Waals surface area contributed by atoms with Crippen molar-refractivity contribution in [2.45, 2.75) is 45.6 Å². The molecule has 188 valence electrons. The molecule has 2 aromatic carbocycles. The summed E-state index contributed by atoms with van der Waals surface area (Å²) in [5.74, 6) is -2.16. The molecule has 0 radical (unpaired) electrons. The minimum absolute atomic E-state index is 0.148. The summed E-state index contributed by atoms with van der Waals surface area (Å²) in [7, 11) is 1.25. The number of hydrogen-bond acceptors (Lipinski definition) is 7. The normalized spacial score (nSPS) is 16.1. The largest absolute Gasteiger partial charge is 0.466 e. The van der Waals surface area contributed by atoms with Crippen molar-refractivity contribution >= 4 is 23.7 Å². The molecule has 36 heavy (non-hydrogen) atoms. The molecular formula is C28H30N2O6. The number of ether oxygens (including phenoxy) is 2. The first kappa shape index (κ1) is 26.4. The van der Waals surface area contributed by atoms with E-state index in [4.69, 9.17) is 9.47 Å². The molecule has 1 aliphatic rings. The Bertz CT molecular complexity index is 1260. The third kappa shape index (κ3) is 6.07. The quantitative estimate of drug-likeness (QED) is 0.299. The van der Waals surface area contributed by atoms with Gasteiger partial charge in [-0.1, -0.05) is 54.6 Å². The number of nitro groups is 1. The van der Waals surface area contributed by atoms with E-state index >= 15 is 0 Å². The van der Waals surface area contributed by atoms with E-state index in [9.17, 15) is 19.7 Å². The predicted molar refractivity (Wildman–Crippen MR) is 137 cm³/mol. The first-order chi connectivity index (χ1) is 17.0. The minimum Gasteiger partial charge on any atom is -0.466 e. The van der Waals surface area contributed by atoms with E-state index in [1.54, 1.807) is 33.8 Å². The molecule has 8 heteroatoms. The number of methoxy groups -OCH3 is 1. The summed E-state index contributed by atoms with van der Waals surface area (Å²) in [5, 5.41) is 14.5. The van der Waals surface area contributed by atoms with Crippen LogP contribution in [0.5, 0.6) is 0 Å². The monoisotopic (exact) mass is 490 g/mol. The van der Waals surface area contributed by atoms with Crippen molar-refractivity contribution in [3.8, 4) is 0 Å². The van der Waals surface area contributed by atoms with Crippen LogP contribution < -0.4 is 5.32 Å². The lowest BCUT2D eigenvalue weighted by Gasteiger charge is -2.32. The van der Waals surface area contributed by atoms with Crippen molar-refractivity contribution in [3.63, 3.8) is 0 Å². The Morgan fingerprint density at radius 2 is 1.67 bits per heavy atom. The van der Waals surface area contributed by atoms with E-state index < -0.39 is 28.4 Å². The molecule has 0 bridgehead atoms. The van der Waals surface area contributed by atoms with Gasteiger partial charge >= 0.3 is 11.9 Å². The van der Waals surface area contributed by atoms with Crippen molar-refractivity contribution in [2.24, 2.45) is 0 Å². The van der Waals surface area contributed by atoms with E-state index in [1.807, 2.05) is 42.5 Å². The summed E-state index contributed by atoms with van der Waals surface area (Å²) in [6.07, 6.45) is 4.34. The van der Waals surface area contributed by atoms with Gasteiger partial charge in [0.25, 0.3) is 5.69 Å². The highest BCUT2D eigenvalue weighted by Gasteiger charge is 2.39. The SMILES string of the molecule is COC(=O)C1=C(C)NC(C)=C(C(=O)OC(C)(C)CC=Cc2ccccc2)C1c1cccc([N+](=O)[O-])c1. The molecule has 0 amide bonds. The number of rotatable bonds is 8. The van der Waals surface area contributed by atoms with Gasteiger partial charge in [-0.3, -0.25) is 10.1 Å². The molecule has 2 aromatic rings. The molecule has 0 saturated heterocycles. The highest BCUT2D eigenvalue weighted by Crippen LogP contribution is 2.40. The number of allylic oxidation sites excluding steroid dienone is 2. The Labute approximate surface area is 210 Å². The smallest absolute Gasteiger partial charge is 0.337 e. The molecule has 1 heterocycles. The number of nitrogens with one attached hydrogen (secondary N) is 1. The standard InChI is InChI=1S/C28H30N2O6/c1-18-23(26(31)35-5)25(21-14-9-15-22(17-21)30(33)34)24(19(2)29-18)27(32)36-28(3,4)16-10-13-20-11-7-6-8-12-20/h6-15,17,25,29H,16H2,1-5H3. The number of benzene rings is 2. The third-order valence-electron chi connectivity index (χ3n) is 5.89. The van der Waals surface area contributed by atoms with Crippen molar-refractivity contribution in [1.82, 2.24) is 5.32 Å².